The number of hydrogen-bond donors (Lipinski definition) is 2. The molecular formula is C21H33N3O6. The average molecular weight is 424 g/mol. The Labute approximate surface area is 177 Å². The van der Waals surface area contributed by atoms with Crippen molar-refractivity contribution in [3.05, 3.63) is 23.8 Å². The molecule has 1 amide bonds. The van der Waals surface area contributed by atoms with Crippen molar-refractivity contribution >= 4 is 11.7 Å². The second-order valence-electron chi connectivity index (χ2n) is 7.31. The highest BCUT2D eigenvalue weighted by atomic mass is 16.5. The third-order valence-corrected chi connectivity index (χ3v) is 4.93. The average Bonchev–Trinajstić information content (AvgIpc) is 2.73. The number of amides is 1. The highest BCUT2D eigenvalue weighted by Gasteiger charge is 2.21. The molecule has 1 heterocycles. The van der Waals surface area contributed by atoms with Crippen LogP contribution in [0.1, 0.15) is 17.3 Å². The minimum Gasteiger partial charge on any atom is -0.493 e. The molecule has 2 N–H and O–H groups in total. The third-order valence-electron chi connectivity index (χ3n) is 4.93. The number of methoxy groups -OCH3 is 2. The minimum atomic E-state index is -0.661. The summed E-state index contributed by atoms with van der Waals surface area (Å²) in [5.74, 6) is 0.906. The first-order valence-corrected chi connectivity index (χ1v) is 10.1. The number of nitrogens with zero attached hydrogens (tertiary/aromatic N) is 2. The van der Waals surface area contributed by atoms with E-state index in [-0.39, 0.29) is 18.3 Å². The number of aliphatic hydroxyl groups is 1. The van der Waals surface area contributed by atoms with Crippen LogP contribution in [0.5, 0.6) is 11.5 Å². The molecule has 0 aliphatic carbocycles. The molecule has 168 valence electrons. The summed E-state index contributed by atoms with van der Waals surface area (Å²) in [4.78, 5) is 27.6. The number of ketones is 1. The molecule has 1 aliphatic heterocycles. The van der Waals surface area contributed by atoms with E-state index in [9.17, 15) is 14.7 Å². The van der Waals surface area contributed by atoms with Crippen molar-refractivity contribution in [1.29, 1.82) is 0 Å². The Morgan fingerprint density at radius 3 is 2.47 bits per heavy atom. The maximum Gasteiger partial charge on any atom is 0.234 e. The summed E-state index contributed by atoms with van der Waals surface area (Å²) in [5.41, 5.74) is 0.546. The summed E-state index contributed by atoms with van der Waals surface area (Å²) in [6.45, 7) is 6.59. The molecule has 1 atom stereocenters. The van der Waals surface area contributed by atoms with Gasteiger partial charge in [0.25, 0.3) is 0 Å². The summed E-state index contributed by atoms with van der Waals surface area (Å²) < 4.78 is 15.9. The number of piperazine rings is 1. The summed E-state index contributed by atoms with van der Waals surface area (Å²) in [6.07, 6.45) is -0.661. The highest BCUT2D eigenvalue weighted by Crippen LogP contribution is 2.28. The van der Waals surface area contributed by atoms with Gasteiger partial charge in [0.2, 0.25) is 5.91 Å². The van der Waals surface area contributed by atoms with Gasteiger partial charge in [-0.15, -0.1) is 0 Å². The number of carbonyl (C=O) groups is 2. The fraction of sp³-hybridized carbons (Fsp3) is 0.619. The molecule has 9 nitrogen and oxygen atoms in total. The maximum absolute atomic E-state index is 11.9. The van der Waals surface area contributed by atoms with Crippen LogP contribution in [0.15, 0.2) is 18.2 Å². The molecule has 9 heteroatoms. The Balaban J connectivity index is 1.71. The first-order valence-electron chi connectivity index (χ1n) is 10.1. The van der Waals surface area contributed by atoms with Gasteiger partial charge >= 0.3 is 0 Å². The van der Waals surface area contributed by atoms with Crippen LogP contribution in [0.2, 0.25) is 0 Å². The van der Waals surface area contributed by atoms with Gasteiger partial charge in [0.05, 0.1) is 20.3 Å². The van der Waals surface area contributed by atoms with Gasteiger partial charge in [-0.2, -0.15) is 0 Å². The first-order chi connectivity index (χ1) is 14.4. The van der Waals surface area contributed by atoms with Crippen LogP contribution < -0.4 is 14.8 Å². The van der Waals surface area contributed by atoms with Crippen molar-refractivity contribution in [2.45, 2.75) is 13.0 Å². The molecule has 0 saturated carbocycles. The molecule has 1 unspecified atom stereocenters. The van der Waals surface area contributed by atoms with Crippen LogP contribution in [0.3, 0.4) is 0 Å². The SMILES string of the molecule is COCCNC(=O)CN1CCN(CC(O)COc2ccc(C(C)=O)cc2OC)CC1. The summed E-state index contributed by atoms with van der Waals surface area (Å²) >= 11 is 0. The molecule has 0 radical (unpaired) electrons. The maximum atomic E-state index is 11.9. The molecule has 1 aromatic carbocycles. The van der Waals surface area contributed by atoms with E-state index in [0.29, 0.717) is 43.3 Å². The quantitative estimate of drug-likeness (QED) is 0.358. The summed E-state index contributed by atoms with van der Waals surface area (Å²) in [5, 5.41) is 13.2. The molecule has 2 rings (SSSR count). The topological polar surface area (TPSA) is 101 Å². The van der Waals surface area contributed by atoms with Gasteiger partial charge in [0.15, 0.2) is 17.3 Å². The van der Waals surface area contributed by atoms with Crippen molar-refractivity contribution in [3.8, 4) is 11.5 Å². The van der Waals surface area contributed by atoms with E-state index in [4.69, 9.17) is 14.2 Å². The lowest BCUT2D eigenvalue weighted by molar-refractivity contribution is -0.122. The van der Waals surface area contributed by atoms with Crippen molar-refractivity contribution in [3.63, 3.8) is 0 Å². The lowest BCUT2D eigenvalue weighted by Gasteiger charge is -2.35. The van der Waals surface area contributed by atoms with E-state index in [2.05, 4.69) is 15.1 Å². The molecule has 1 aromatic rings. The van der Waals surface area contributed by atoms with E-state index in [1.54, 1.807) is 25.3 Å². The molecular weight excluding hydrogens is 390 g/mol. The highest BCUT2D eigenvalue weighted by molar-refractivity contribution is 5.94. The van der Waals surface area contributed by atoms with Gasteiger partial charge in [-0.3, -0.25) is 19.4 Å². The molecule has 0 aromatic heterocycles. The molecule has 1 aliphatic rings. The van der Waals surface area contributed by atoms with Crippen LogP contribution in [-0.4, -0.2) is 106 Å². The number of nitrogens with one attached hydrogen (secondary N) is 1. The van der Waals surface area contributed by atoms with Crippen LogP contribution in [0.4, 0.5) is 0 Å². The molecule has 30 heavy (non-hydrogen) atoms. The fourth-order valence-corrected chi connectivity index (χ4v) is 3.22. The monoisotopic (exact) mass is 423 g/mol. The number of Topliss-reactive ketones (excluding diaryl/α,β-unsaturated/α-hetero) is 1. The predicted molar refractivity (Wildman–Crippen MR) is 112 cm³/mol. The number of ether oxygens (including phenoxy) is 3. The number of β-amino-alcohol motifs (C(OH)–C–C–N with tert-alkyl or cyclic N) is 1. The van der Waals surface area contributed by atoms with Crippen molar-refractivity contribution in [1.82, 2.24) is 15.1 Å². The van der Waals surface area contributed by atoms with E-state index in [1.807, 2.05) is 0 Å². The largest absolute Gasteiger partial charge is 0.493 e. The standard InChI is InChI=1S/C21H33N3O6/c1-16(25)17-4-5-19(20(12-17)29-3)30-15-18(26)13-23-7-9-24(10-8-23)14-21(27)22-6-11-28-2/h4-5,12,18,26H,6-11,13-15H2,1-3H3,(H,22,27). The van der Waals surface area contributed by atoms with Crippen molar-refractivity contribution < 1.29 is 28.9 Å². The molecule has 0 bridgehead atoms. The fourth-order valence-electron chi connectivity index (χ4n) is 3.22. The van der Waals surface area contributed by atoms with Gasteiger partial charge in [0, 0.05) is 51.9 Å². The molecule has 0 spiro atoms. The smallest absolute Gasteiger partial charge is 0.234 e. The van der Waals surface area contributed by atoms with Crippen LogP contribution in [-0.2, 0) is 9.53 Å². The zero-order chi connectivity index (χ0) is 21.9. The third kappa shape index (κ3) is 7.91. The number of hydrogen-bond acceptors (Lipinski definition) is 8. The first kappa shape index (κ1) is 24.1. The van der Waals surface area contributed by atoms with Crippen LogP contribution >= 0.6 is 0 Å². The number of aliphatic hydroxyl groups excluding tert-OH is 1. The van der Waals surface area contributed by atoms with Gasteiger partial charge in [0.1, 0.15) is 12.7 Å². The Hall–Kier alpha value is -2.20. The van der Waals surface area contributed by atoms with Gasteiger partial charge in [-0.25, -0.2) is 0 Å². The minimum absolute atomic E-state index is 0.00123. The lowest BCUT2D eigenvalue weighted by Crippen LogP contribution is -2.51. The van der Waals surface area contributed by atoms with Gasteiger partial charge < -0.3 is 24.6 Å². The normalized spacial score (nSPS) is 16.1. The van der Waals surface area contributed by atoms with Crippen molar-refractivity contribution in [2.75, 3.05) is 73.2 Å². The van der Waals surface area contributed by atoms with Crippen LogP contribution in [0, 0.1) is 0 Å². The Kier molecular flexibility index (Phi) is 10.0. The number of rotatable bonds is 12. The second kappa shape index (κ2) is 12.5. The Bertz CT molecular complexity index is 691. The Morgan fingerprint density at radius 2 is 1.83 bits per heavy atom. The molecule has 1 fully saturated rings. The zero-order valence-electron chi connectivity index (χ0n) is 18.1. The summed E-state index contributed by atoms with van der Waals surface area (Å²) in [6, 6.07) is 4.99. The van der Waals surface area contributed by atoms with E-state index in [0.717, 1.165) is 26.2 Å². The number of carbonyl (C=O) groups excluding carboxylic acids is 2. The van der Waals surface area contributed by atoms with Crippen LogP contribution in [0.25, 0.3) is 0 Å². The predicted octanol–water partition coefficient (Wildman–Crippen LogP) is 0.0177. The Morgan fingerprint density at radius 1 is 1.13 bits per heavy atom. The van der Waals surface area contributed by atoms with Gasteiger partial charge in [-0.05, 0) is 25.1 Å². The zero-order valence-corrected chi connectivity index (χ0v) is 18.1. The van der Waals surface area contributed by atoms with Gasteiger partial charge in [-0.1, -0.05) is 0 Å². The van der Waals surface area contributed by atoms with E-state index < -0.39 is 6.10 Å². The van der Waals surface area contributed by atoms with E-state index >= 15 is 0 Å². The second-order valence-corrected chi connectivity index (χ2v) is 7.31. The van der Waals surface area contributed by atoms with Crippen molar-refractivity contribution in [2.24, 2.45) is 0 Å². The number of benzene rings is 1. The molecule has 1 saturated heterocycles. The lowest BCUT2D eigenvalue weighted by atomic mass is 10.1. The van der Waals surface area contributed by atoms with E-state index in [1.165, 1.54) is 14.0 Å². The summed E-state index contributed by atoms with van der Waals surface area (Å²) in [7, 11) is 3.12.